The van der Waals surface area contributed by atoms with Gasteiger partial charge in [0.25, 0.3) is 0 Å². The molecule has 0 saturated carbocycles. The van der Waals surface area contributed by atoms with Crippen LogP contribution >= 0.6 is 24.0 Å². The fourth-order valence-corrected chi connectivity index (χ4v) is 4.11. The number of hydrogen-bond acceptors (Lipinski definition) is 5. The van der Waals surface area contributed by atoms with Crippen molar-refractivity contribution in [2.75, 3.05) is 26.4 Å². The number of halogens is 1. The second-order valence-corrected chi connectivity index (χ2v) is 8.09. The highest BCUT2D eigenvalue weighted by atomic mass is 127. The van der Waals surface area contributed by atoms with Gasteiger partial charge in [0, 0.05) is 36.9 Å². The Bertz CT molecular complexity index is 1090. The summed E-state index contributed by atoms with van der Waals surface area (Å²) in [6, 6.07) is 18.2. The molecule has 1 atom stereocenters. The SMILES string of the molecule is I.c1coc(CCNC(=NCc2cccc3c2OCCCO3)NC2CCOc3ccccc32)c1. The molecule has 0 fully saturated rings. The monoisotopic (exact) mass is 575 g/mol. The number of ether oxygens (including phenoxy) is 3. The Morgan fingerprint density at radius 1 is 0.912 bits per heavy atom. The van der Waals surface area contributed by atoms with E-state index in [1.165, 1.54) is 0 Å². The molecule has 7 nitrogen and oxygen atoms in total. The second kappa shape index (κ2) is 12.0. The van der Waals surface area contributed by atoms with Crippen LogP contribution in [0, 0.1) is 0 Å². The molecule has 0 aliphatic carbocycles. The van der Waals surface area contributed by atoms with Crippen molar-refractivity contribution < 1.29 is 18.6 Å². The molecule has 2 aromatic carbocycles. The summed E-state index contributed by atoms with van der Waals surface area (Å²) < 4.78 is 23.1. The van der Waals surface area contributed by atoms with E-state index in [0.717, 1.165) is 59.4 Å². The molecule has 2 aliphatic heterocycles. The van der Waals surface area contributed by atoms with Crippen LogP contribution < -0.4 is 24.8 Å². The lowest BCUT2D eigenvalue weighted by molar-refractivity contribution is 0.261. The van der Waals surface area contributed by atoms with Gasteiger partial charge in [0.2, 0.25) is 0 Å². The smallest absolute Gasteiger partial charge is 0.192 e. The number of nitrogens with one attached hydrogen (secondary N) is 2. The Labute approximate surface area is 216 Å². The van der Waals surface area contributed by atoms with Gasteiger partial charge in [-0.15, -0.1) is 24.0 Å². The van der Waals surface area contributed by atoms with E-state index in [4.69, 9.17) is 23.6 Å². The zero-order valence-corrected chi connectivity index (χ0v) is 21.3. The van der Waals surface area contributed by atoms with Crippen molar-refractivity contribution in [3.05, 3.63) is 77.7 Å². The molecule has 0 amide bonds. The number of benzene rings is 2. The summed E-state index contributed by atoms with van der Waals surface area (Å²) in [4.78, 5) is 4.91. The average molecular weight is 575 g/mol. The van der Waals surface area contributed by atoms with Crippen LogP contribution in [0.15, 0.2) is 70.3 Å². The minimum atomic E-state index is 0. The third-order valence-corrected chi connectivity index (χ3v) is 5.77. The molecule has 2 aliphatic rings. The number of para-hydroxylation sites is 2. The van der Waals surface area contributed by atoms with Crippen molar-refractivity contribution in [3.8, 4) is 17.2 Å². The molecule has 0 saturated heterocycles. The Morgan fingerprint density at radius 3 is 2.68 bits per heavy atom. The summed E-state index contributed by atoms with van der Waals surface area (Å²) in [5.74, 6) is 4.20. The van der Waals surface area contributed by atoms with Gasteiger partial charge in [-0.05, 0) is 24.3 Å². The van der Waals surface area contributed by atoms with Gasteiger partial charge in [0.1, 0.15) is 11.5 Å². The van der Waals surface area contributed by atoms with Gasteiger partial charge in [-0.3, -0.25) is 0 Å². The van der Waals surface area contributed by atoms with Crippen LogP contribution in [0.4, 0.5) is 0 Å². The molecule has 34 heavy (non-hydrogen) atoms. The van der Waals surface area contributed by atoms with Crippen molar-refractivity contribution in [3.63, 3.8) is 0 Å². The molecule has 1 unspecified atom stereocenters. The Kier molecular flexibility index (Phi) is 8.56. The first-order valence-electron chi connectivity index (χ1n) is 11.5. The molecule has 8 heteroatoms. The van der Waals surface area contributed by atoms with Crippen LogP contribution in [0.25, 0.3) is 0 Å². The molecular weight excluding hydrogens is 545 g/mol. The molecular formula is C26H30IN3O4. The van der Waals surface area contributed by atoms with Crippen LogP contribution in [-0.2, 0) is 13.0 Å². The van der Waals surface area contributed by atoms with Crippen LogP contribution in [0.3, 0.4) is 0 Å². The summed E-state index contributed by atoms with van der Waals surface area (Å²) in [5.41, 5.74) is 2.16. The van der Waals surface area contributed by atoms with E-state index >= 15 is 0 Å². The van der Waals surface area contributed by atoms with Crippen molar-refractivity contribution in [1.29, 1.82) is 0 Å². The molecule has 0 radical (unpaired) electrons. The predicted molar refractivity (Wildman–Crippen MR) is 141 cm³/mol. The van der Waals surface area contributed by atoms with E-state index < -0.39 is 0 Å². The van der Waals surface area contributed by atoms with E-state index in [2.05, 4.69) is 16.7 Å². The van der Waals surface area contributed by atoms with Crippen molar-refractivity contribution in [2.24, 2.45) is 4.99 Å². The van der Waals surface area contributed by atoms with Crippen molar-refractivity contribution in [1.82, 2.24) is 10.6 Å². The third-order valence-electron chi connectivity index (χ3n) is 5.77. The number of hydrogen-bond donors (Lipinski definition) is 2. The van der Waals surface area contributed by atoms with Crippen LogP contribution in [0.1, 0.15) is 35.8 Å². The van der Waals surface area contributed by atoms with E-state index in [0.29, 0.717) is 32.9 Å². The lowest BCUT2D eigenvalue weighted by atomic mass is 10.0. The van der Waals surface area contributed by atoms with Crippen LogP contribution in [-0.4, -0.2) is 32.3 Å². The summed E-state index contributed by atoms with van der Waals surface area (Å²) in [6.07, 6.45) is 4.22. The zero-order chi connectivity index (χ0) is 22.3. The Hall–Kier alpha value is -2.88. The highest BCUT2D eigenvalue weighted by molar-refractivity contribution is 14.0. The molecule has 180 valence electrons. The first-order chi connectivity index (χ1) is 16.4. The second-order valence-electron chi connectivity index (χ2n) is 8.09. The maximum Gasteiger partial charge on any atom is 0.192 e. The standard InChI is InChI=1S/C26H29N3O4.HI/c1-2-9-23-21(8-1)22(12-17-32-23)29-26(27-13-11-20-7-4-14-30-20)28-18-19-6-3-10-24-25(19)33-16-5-15-31-24;/h1-4,6-10,14,22H,5,11-13,15-18H2,(H2,27,28,29);1H. The van der Waals surface area contributed by atoms with Gasteiger partial charge in [0.15, 0.2) is 17.5 Å². The lowest BCUT2D eigenvalue weighted by Crippen LogP contribution is -2.41. The maximum atomic E-state index is 5.97. The van der Waals surface area contributed by atoms with E-state index in [9.17, 15) is 0 Å². The third kappa shape index (κ3) is 5.97. The summed E-state index contributed by atoms with van der Waals surface area (Å²) in [6.45, 7) is 3.18. The number of aliphatic imine (C=N–C) groups is 1. The van der Waals surface area contributed by atoms with Gasteiger partial charge in [-0.25, -0.2) is 4.99 Å². The molecule has 1 aromatic heterocycles. The predicted octanol–water partition coefficient (Wildman–Crippen LogP) is 4.86. The lowest BCUT2D eigenvalue weighted by Gasteiger charge is -2.28. The number of rotatable bonds is 6. The largest absolute Gasteiger partial charge is 0.493 e. The molecule has 3 aromatic rings. The molecule has 3 heterocycles. The molecule has 2 N–H and O–H groups in total. The van der Waals surface area contributed by atoms with E-state index in [-0.39, 0.29) is 30.0 Å². The minimum absolute atomic E-state index is 0. The fraction of sp³-hybridized carbons (Fsp3) is 0.346. The van der Waals surface area contributed by atoms with Crippen LogP contribution in [0.5, 0.6) is 17.2 Å². The molecule has 5 rings (SSSR count). The first kappa shape index (κ1) is 24.3. The van der Waals surface area contributed by atoms with Crippen molar-refractivity contribution >= 4 is 29.9 Å². The number of nitrogens with zero attached hydrogens (tertiary/aromatic N) is 1. The topological polar surface area (TPSA) is 77.3 Å². The van der Waals surface area contributed by atoms with Gasteiger partial charge in [0.05, 0.1) is 38.7 Å². The van der Waals surface area contributed by atoms with Gasteiger partial charge >= 0.3 is 0 Å². The molecule has 0 spiro atoms. The summed E-state index contributed by atoms with van der Waals surface area (Å²) >= 11 is 0. The van der Waals surface area contributed by atoms with Crippen molar-refractivity contribution in [2.45, 2.75) is 31.8 Å². The normalized spacial score (nSPS) is 16.9. The first-order valence-corrected chi connectivity index (χ1v) is 11.5. The highest BCUT2D eigenvalue weighted by Gasteiger charge is 2.22. The van der Waals surface area contributed by atoms with E-state index in [1.807, 2.05) is 48.5 Å². The summed E-state index contributed by atoms with van der Waals surface area (Å²) in [7, 11) is 0. The quantitative estimate of drug-likeness (QED) is 0.249. The fourth-order valence-electron chi connectivity index (χ4n) is 4.11. The van der Waals surface area contributed by atoms with Gasteiger partial charge in [-0.2, -0.15) is 0 Å². The average Bonchev–Trinajstić information content (AvgIpc) is 3.25. The van der Waals surface area contributed by atoms with Gasteiger partial charge < -0.3 is 29.3 Å². The number of furan rings is 1. The summed E-state index contributed by atoms with van der Waals surface area (Å²) in [5, 5.41) is 7.08. The minimum Gasteiger partial charge on any atom is -0.493 e. The highest BCUT2D eigenvalue weighted by Crippen LogP contribution is 2.34. The zero-order valence-electron chi connectivity index (χ0n) is 19.0. The van der Waals surface area contributed by atoms with Gasteiger partial charge in [-0.1, -0.05) is 30.3 Å². The Morgan fingerprint density at radius 2 is 1.76 bits per heavy atom. The number of guanidine groups is 1. The van der Waals surface area contributed by atoms with E-state index in [1.54, 1.807) is 6.26 Å². The number of fused-ring (bicyclic) bond motifs is 2. The molecule has 0 bridgehead atoms. The van der Waals surface area contributed by atoms with Crippen LogP contribution in [0.2, 0.25) is 0 Å². The Balaban J connectivity index is 0.00000274. The maximum absolute atomic E-state index is 5.97.